The normalized spacial score (nSPS) is 11.5. The molecule has 2 aromatic rings. The topological polar surface area (TPSA) is 17.1 Å². The first-order chi connectivity index (χ1) is 9.79. The zero-order valence-corrected chi connectivity index (χ0v) is 10.5. The Morgan fingerprint density at radius 2 is 1.67 bits per heavy atom. The van der Waals surface area contributed by atoms with Crippen LogP contribution in [0.3, 0.4) is 0 Å². The molecule has 0 aliphatic heterocycles. The molecule has 6 heteroatoms. The SMILES string of the molecule is O=C(Cc1cccc(F)c1F)c1cccc(C(F)(F)F)c1. The summed E-state index contributed by atoms with van der Waals surface area (Å²) in [7, 11) is 0. The maximum atomic E-state index is 13.4. The van der Waals surface area contributed by atoms with E-state index in [0.717, 1.165) is 18.2 Å². The summed E-state index contributed by atoms with van der Waals surface area (Å²) in [6.45, 7) is 0. The second-order valence-electron chi connectivity index (χ2n) is 4.39. The van der Waals surface area contributed by atoms with E-state index in [0.29, 0.717) is 6.07 Å². The highest BCUT2D eigenvalue weighted by Gasteiger charge is 2.30. The monoisotopic (exact) mass is 300 g/mol. The zero-order chi connectivity index (χ0) is 15.6. The Kier molecular flexibility index (Phi) is 4.06. The predicted molar refractivity (Wildman–Crippen MR) is 65.8 cm³/mol. The average molecular weight is 300 g/mol. The summed E-state index contributed by atoms with van der Waals surface area (Å²) in [6, 6.07) is 7.16. The number of ketones is 1. The van der Waals surface area contributed by atoms with Gasteiger partial charge in [0.25, 0.3) is 0 Å². The van der Waals surface area contributed by atoms with Crippen molar-refractivity contribution in [2.45, 2.75) is 12.6 Å². The number of carbonyl (C=O) groups is 1. The number of Topliss-reactive ketones (excluding diaryl/α,β-unsaturated/α-hetero) is 1. The van der Waals surface area contributed by atoms with Crippen molar-refractivity contribution in [3.8, 4) is 0 Å². The minimum Gasteiger partial charge on any atom is -0.294 e. The summed E-state index contributed by atoms with van der Waals surface area (Å²) in [5.74, 6) is -2.99. The molecule has 0 spiro atoms. The van der Waals surface area contributed by atoms with Crippen LogP contribution >= 0.6 is 0 Å². The summed E-state index contributed by atoms with van der Waals surface area (Å²) < 4.78 is 64.1. The van der Waals surface area contributed by atoms with E-state index in [4.69, 9.17) is 0 Å². The molecular formula is C15H9F5O. The summed E-state index contributed by atoms with van der Waals surface area (Å²) in [5.41, 5.74) is -1.36. The number of halogens is 5. The van der Waals surface area contributed by atoms with E-state index in [9.17, 15) is 26.7 Å². The average Bonchev–Trinajstić information content (AvgIpc) is 2.43. The van der Waals surface area contributed by atoms with E-state index in [1.807, 2.05) is 0 Å². The molecule has 110 valence electrons. The first-order valence-electron chi connectivity index (χ1n) is 5.92. The van der Waals surface area contributed by atoms with Crippen molar-refractivity contribution in [3.05, 3.63) is 70.8 Å². The lowest BCUT2D eigenvalue weighted by Gasteiger charge is -2.08. The van der Waals surface area contributed by atoms with Crippen LogP contribution in [0, 0.1) is 11.6 Å². The van der Waals surface area contributed by atoms with Crippen molar-refractivity contribution in [1.29, 1.82) is 0 Å². The summed E-state index contributed by atoms with van der Waals surface area (Å²) in [5, 5.41) is 0. The first-order valence-corrected chi connectivity index (χ1v) is 5.92. The van der Waals surface area contributed by atoms with Gasteiger partial charge in [-0.25, -0.2) is 8.78 Å². The minimum absolute atomic E-state index is 0.197. The van der Waals surface area contributed by atoms with Crippen molar-refractivity contribution in [3.63, 3.8) is 0 Å². The van der Waals surface area contributed by atoms with Gasteiger partial charge in [-0.1, -0.05) is 24.3 Å². The fraction of sp³-hybridized carbons (Fsp3) is 0.133. The van der Waals surface area contributed by atoms with Crippen LogP contribution in [-0.2, 0) is 12.6 Å². The minimum atomic E-state index is -4.57. The van der Waals surface area contributed by atoms with E-state index in [-0.39, 0.29) is 11.1 Å². The standard InChI is InChI=1S/C15H9F5O/c16-12-6-2-4-10(14(12)17)8-13(21)9-3-1-5-11(7-9)15(18,19)20/h1-7H,8H2. The quantitative estimate of drug-likeness (QED) is 0.606. The molecule has 2 rings (SSSR count). The molecule has 0 unspecified atom stereocenters. The summed E-state index contributed by atoms with van der Waals surface area (Å²) in [4.78, 5) is 11.9. The molecule has 1 nitrogen and oxygen atoms in total. The number of benzene rings is 2. The maximum absolute atomic E-state index is 13.4. The molecule has 21 heavy (non-hydrogen) atoms. The number of hydrogen-bond donors (Lipinski definition) is 0. The molecule has 0 aromatic heterocycles. The van der Waals surface area contributed by atoms with Gasteiger partial charge >= 0.3 is 6.18 Å². The van der Waals surface area contributed by atoms with Gasteiger partial charge in [-0.2, -0.15) is 13.2 Å². The maximum Gasteiger partial charge on any atom is 0.416 e. The molecule has 0 N–H and O–H groups in total. The van der Waals surface area contributed by atoms with Crippen LogP contribution in [0.5, 0.6) is 0 Å². The second kappa shape index (κ2) is 5.63. The molecule has 0 amide bonds. The number of hydrogen-bond acceptors (Lipinski definition) is 1. The van der Waals surface area contributed by atoms with Gasteiger partial charge in [0.15, 0.2) is 17.4 Å². The van der Waals surface area contributed by atoms with Crippen LogP contribution in [0.1, 0.15) is 21.5 Å². The predicted octanol–water partition coefficient (Wildman–Crippen LogP) is 4.41. The lowest BCUT2D eigenvalue weighted by Crippen LogP contribution is -2.10. The Bertz CT molecular complexity index is 676. The van der Waals surface area contributed by atoms with Crippen molar-refractivity contribution >= 4 is 5.78 Å². The second-order valence-corrected chi connectivity index (χ2v) is 4.39. The van der Waals surface area contributed by atoms with Crippen molar-refractivity contribution in [2.24, 2.45) is 0 Å². The fourth-order valence-corrected chi connectivity index (χ4v) is 1.83. The van der Waals surface area contributed by atoms with Gasteiger partial charge in [0.05, 0.1) is 5.56 Å². The van der Waals surface area contributed by atoms with E-state index in [1.165, 1.54) is 18.2 Å². The molecule has 0 saturated heterocycles. The van der Waals surface area contributed by atoms with Gasteiger partial charge in [-0.15, -0.1) is 0 Å². The van der Waals surface area contributed by atoms with Crippen molar-refractivity contribution in [1.82, 2.24) is 0 Å². The van der Waals surface area contributed by atoms with E-state index < -0.39 is 35.6 Å². The Labute approximate surface area is 117 Å². The molecule has 0 saturated carbocycles. The van der Waals surface area contributed by atoms with Crippen molar-refractivity contribution in [2.75, 3.05) is 0 Å². The van der Waals surface area contributed by atoms with Crippen molar-refractivity contribution < 1.29 is 26.7 Å². The molecule has 0 atom stereocenters. The third kappa shape index (κ3) is 3.45. The van der Waals surface area contributed by atoms with Gasteiger partial charge in [-0.3, -0.25) is 4.79 Å². The zero-order valence-electron chi connectivity index (χ0n) is 10.5. The smallest absolute Gasteiger partial charge is 0.294 e. The van der Waals surface area contributed by atoms with Crippen LogP contribution in [-0.4, -0.2) is 5.78 Å². The summed E-state index contributed by atoms with van der Waals surface area (Å²) in [6.07, 6.45) is -5.08. The Morgan fingerprint density at radius 3 is 2.33 bits per heavy atom. The molecule has 0 aliphatic rings. The van der Waals surface area contributed by atoms with Crippen LogP contribution in [0.15, 0.2) is 42.5 Å². The van der Waals surface area contributed by atoms with E-state index in [2.05, 4.69) is 0 Å². The van der Waals surface area contributed by atoms with E-state index in [1.54, 1.807) is 0 Å². The van der Waals surface area contributed by atoms with Gasteiger partial charge in [0, 0.05) is 12.0 Å². The number of carbonyl (C=O) groups excluding carboxylic acids is 1. The number of alkyl halides is 3. The molecule has 0 radical (unpaired) electrons. The molecule has 0 bridgehead atoms. The summed E-state index contributed by atoms with van der Waals surface area (Å²) >= 11 is 0. The molecule has 0 aliphatic carbocycles. The Morgan fingerprint density at radius 1 is 1.00 bits per heavy atom. The van der Waals surface area contributed by atoms with E-state index >= 15 is 0 Å². The Hall–Kier alpha value is -2.24. The third-order valence-corrected chi connectivity index (χ3v) is 2.89. The van der Waals surface area contributed by atoms with Crippen LogP contribution in [0.4, 0.5) is 22.0 Å². The molecule has 2 aromatic carbocycles. The van der Waals surface area contributed by atoms with Crippen LogP contribution in [0.25, 0.3) is 0 Å². The number of rotatable bonds is 3. The lowest BCUT2D eigenvalue weighted by molar-refractivity contribution is -0.137. The van der Waals surface area contributed by atoms with Crippen LogP contribution < -0.4 is 0 Å². The molecular weight excluding hydrogens is 291 g/mol. The fourth-order valence-electron chi connectivity index (χ4n) is 1.83. The van der Waals surface area contributed by atoms with Gasteiger partial charge in [0.2, 0.25) is 0 Å². The lowest BCUT2D eigenvalue weighted by atomic mass is 10.0. The first kappa shape index (κ1) is 15.2. The van der Waals surface area contributed by atoms with Gasteiger partial charge < -0.3 is 0 Å². The van der Waals surface area contributed by atoms with Gasteiger partial charge in [0.1, 0.15) is 0 Å². The highest BCUT2D eigenvalue weighted by Crippen LogP contribution is 2.29. The van der Waals surface area contributed by atoms with Gasteiger partial charge in [-0.05, 0) is 23.8 Å². The van der Waals surface area contributed by atoms with Crippen LogP contribution in [0.2, 0.25) is 0 Å². The Balaban J connectivity index is 2.27. The third-order valence-electron chi connectivity index (χ3n) is 2.89. The highest BCUT2D eigenvalue weighted by molar-refractivity contribution is 5.97. The largest absolute Gasteiger partial charge is 0.416 e. The highest BCUT2D eigenvalue weighted by atomic mass is 19.4. The molecule has 0 heterocycles. The molecule has 0 fully saturated rings.